The number of hydrogen-bond donors (Lipinski definition) is 1. The molecule has 0 aliphatic carbocycles. The topological polar surface area (TPSA) is 85.2 Å². The molecule has 8 nitrogen and oxygen atoms in total. The van der Waals surface area contributed by atoms with Crippen molar-refractivity contribution in [2.24, 2.45) is 0 Å². The van der Waals surface area contributed by atoms with E-state index in [4.69, 9.17) is 4.74 Å². The van der Waals surface area contributed by atoms with Crippen LogP contribution in [0.1, 0.15) is 17.6 Å². The van der Waals surface area contributed by atoms with Crippen molar-refractivity contribution in [3.05, 3.63) is 36.3 Å². The smallest absolute Gasteiger partial charge is 0.243 e. The molecule has 1 amide bonds. The van der Waals surface area contributed by atoms with Crippen LogP contribution in [0.3, 0.4) is 0 Å². The number of ether oxygens (including phenoxy) is 1. The number of carbonyl (C=O) groups excluding carboxylic acids is 1. The van der Waals surface area contributed by atoms with Gasteiger partial charge in [0.05, 0.1) is 19.5 Å². The average Bonchev–Trinajstić information content (AvgIpc) is 3.07. The third-order valence-corrected chi connectivity index (χ3v) is 3.75. The minimum Gasteiger partial charge on any atom is -0.377 e. The van der Waals surface area contributed by atoms with Crippen molar-refractivity contribution < 1.29 is 9.53 Å². The molecule has 2 aromatic rings. The second kappa shape index (κ2) is 6.74. The van der Waals surface area contributed by atoms with Crippen LogP contribution in [0, 0.1) is 6.92 Å². The lowest BCUT2D eigenvalue weighted by Crippen LogP contribution is -2.45. The lowest BCUT2D eigenvalue weighted by Gasteiger charge is -2.34. The first kappa shape index (κ1) is 15.4. The van der Waals surface area contributed by atoms with Gasteiger partial charge in [-0.15, -0.1) is 0 Å². The molecule has 8 heteroatoms. The zero-order valence-electron chi connectivity index (χ0n) is 13.3. The SMILES string of the molecule is CNc1cc(C)nc([C@H]2COCCN2C(=O)Cn2ccnc2)n1. The van der Waals surface area contributed by atoms with E-state index in [1.54, 1.807) is 28.2 Å². The van der Waals surface area contributed by atoms with Gasteiger partial charge in [0.25, 0.3) is 0 Å². The molecule has 1 N–H and O–H groups in total. The van der Waals surface area contributed by atoms with Gasteiger partial charge < -0.3 is 19.5 Å². The van der Waals surface area contributed by atoms with Gasteiger partial charge in [-0.1, -0.05) is 0 Å². The molecule has 122 valence electrons. The molecule has 0 spiro atoms. The molecule has 0 aromatic carbocycles. The number of nitrogens with zero attached hydrogens (tertiary/aromatic N) is 5. The monoisotopic (exact) mass is 316 g/mol. The van der Waals surface area contributed by atoms with Crippen molar-refractivity contribution in [3.63, 3.8) is 0 Å². The maximum atomic E-state index is 12.6. The molecule has 1 atom stereocenters. The van der Waals surface area contributed by atoms with E-state index in [1.807, 2.05) is 20.0 Å². The Kier molecular flexibility index (Phi) is 4.52. The molecule has 1 aliphatic heterocycles. The minimum atomic E-state index is -0.272. The molecule has 3 rings (SSSR count). The third kappa shape index (κ3) is 3.48. The summed E-state index contributed by atoms with van der Waals surface area (Å²) in [5.74, 6) is 1.35. The highest BCUT2D eigenvalue weighted by molar-refractivity contribution is 5.76. The van der Waals surface area contributed by atoms with Gasteiger partial charge in [0.2, 0.25) is 5.91 Å². The highest BCUT2D eigenvalue weighted by Crippen LogP contribution is 2.23. The normalized spacial score (nSPS) is 18.0. The summed E-state index contributed by atoms with van der Waals surface area (Å²) in [4.78, 5) is 27.4. The molecule has 23 heavy (non-hydrogen) atoms. The van der Waals surface area contributed by atoms with Crippen molar-refractivity contribution in [1.29, 1.82) is 0 Å². The number of rotatable bonds is 4. The summed E-state index contributed by atoms with van der Waals surface area (Å²) in [6.07, 6.45) is 5.07. The van der Waals surface area contributed by atoms with E-state index in [0.29, 0.717) is 25.6 Å². The molecule has 1 aliphatic rings. The van der Waals surface area contributed by atoms with Crippen molar-refractivity contribution >= 4 is 11.7 Å². The highest BCUT2D eigenvalue weighted by atomic mass is 16.5. The number of anilines is 1. The first-order valence-electron chi connectivity index (χ1n) is 7.53. The molecule has 0 saturated carbocycles. The number of aryl methyl sites for hydroxylation is 1. The van der Waals surface area contributed by atoms with Gasteiger partial charge in [0, 0.05) is 37.7 Å². The number of carbonyl (C=O) groups is 1. The number of morpholine rings is 1. The Morgan fingerprint density at radius 2 is 2.35 bits per heavy atom. The molecule has 0 bridgehead atoms. The summed E-state index contributed by atoms with van der Waals surface area (Å²) in [5.41, 5.74) is 0.854. The molecule has 3 heterocycles. The minimum absolute atomic E-state index is 0.00686. The molecule has 1 fully saturated rings. The summed E-state index contributed by atoms with van der Waals surface area (Å²) in [6.45, 7) is 3.62. The predicted molar refractivity (Wildman–Crippen MR) is 83.8 cm³/mol. The highest BCUT2D eigenvalue weighted by Gasteiger charge is 2.31. The van der Waals surface area contributed by atoms with Crippen molar-refractivity contribution in [3.8, 4) is 0 Å². The van der Waals surface area contributed by atoms with E-state index in [9.17, 15) is 4.79 Å². The molecular weight excluding hydrogens is 296 g/mol. The Balaban J connectivity index is 1.83. The Labute approximate surface area is 134 Å². The molecule has 1 saturated heterocycles. The summed E-state index contributed by atoms with van der Waals surface area (Å²) in [7, 11) is 1.81. The van der Waals surface area contributed by atoms with Crippen LogP contribution >= 0.6 is 0 Å². The quantitative estimate of drug-likeness (QED) is 0.890. The average molecular weight is 316 g/mol. The standard InChI is InChI=1S/C15H20N6O2/c1-11-7-13(16-2)19-15(18-11)12-9-23-6-5-21(12)14(22)8-20-4-3-17-10-20/h3-4,7,10,12H,5-6,8-9H2,1-2H3,(H,16,18,19)/t12-/m1/s1. The van der Waals surface area contributed by atoms with E-state index in [-0.39, 0.29) is 18.5 Å². The molecule has 2 aromatic heterocycles. The Morgan fingerprint density at radius 3 is 3.09 bits per heavy atom. The van der Waals surface area contributed by atoms with Crippen LogP contribution in [0.5, 0.6) is 0 Å². The maximum Gasteiger partial charge on any atom is 0.243 e. The van der Waals surface area contributed by atoms with Crippen LogP contribution in [-0.4, -0.2) is 57.1 Å². The van der Waals surface area contributed by atoms with Gasteiger partial charge in [-0.25, -0.2) is 15.0 Å². The summed E-state index contributed by atoms with van der Waals surface area (Å²) in [5, 5.41) is 3.02. The van der Waals surface area contributed by atoms with Crippen molar-refractivity contribution in [1.82, 2.24) is 24.4 Å². The summed E-state index contributed by atoms with van der Waals surface area (Å²) < 4.78 is 7.31. The van der Waals surface area contributed by atoms with Gasteiger partial charge in [0.1, 0.15) is 18.4 Å². The van der Waals surface area contributed by atoms with Crippen LogP contribution < -0.4 is 5.32 Å². The number of amides is 1. The summed E-state index contributed by atoms with van der Waals surface area (Å²) >= 11 is 0. The fourth-order valence-electron chi connectivity index (χ4n) is 2.61. The van der Waals surface area contributed by atoms with Crippen LogP contribution in [0.25, 0.3) is 0 Å². The molecule has 0 unspecified atom stereocenters. The maximum absolute atomic E-state index is 12.6. The van der Waals surface area contributed by atoms with Crippen molar-refractivity contribution in [2.45, 2.75) is 19.5 Å². The van der Waals surface area contributed by atoms with Crippen LogP contribution in [0.4, 0.5) is 5.82 Å². The molecular formula is C15H20N6O2. The van der Waals surface area contributed by atoms with Gasteiger partial charge in [0.15, 0.2) is 5.82 Å². The lowest BCUT2D eigenvalue weighted by molar-refractivity contribution is -0.141. The zero-order chi connectivity index (χ0) is 16.2. The Bertz CT molecular complexity index is 673. The fraction of sp³-hybridized carbons (Fsp3) is 0.467. The van der Waals surface area contributed by atoms with Crippen LogP contribution in [0.2, 0.25) is 0 Å². The number of aromatic nitrogens is 4. The first-order chi connectivity index (χ1) is 11.2. The Morgan fingerprint density at radius 1 is 1.48 bits per heavy atom. The van der Waals surface area contributed by atoms with E-state index in [0.717, 1.165) is 11.5 Å². The van der Waals surface area contributed by atoms with Gasteiger partial charge in [-0.05, 0) is 6.92 Å². The second-order valence-electron chi connectivity index (χ2n) is 5.42. The third-order valence-electron chi connectivity index (χ3n) is 3.75. The van der Waals surface area contributed by atoms with Crippen molar-refractivity contribution in [2.75, 3.05) is 32.1 Å². The zero-order valence-corrected chi connectivity index (χ0v) is 13.3. The second-order valence-corrected chi connectivity index (χ2v) is 5.42. The summed E-state index contributed by atoms with van der Waals surface area (Å²) in [6, 6.07) is 1.59. The Hall–Kier alpha value is -2.48. The number of nitrogens with one attached hydrogen (secondary N) is 1. The lowest BCUT2D eigenvalue weighted by atomic mass is 10.2. The van der Waals surface area contributed by atoms with E-state index < -0.39 is 0 Å². The van der Waals surface area contributed by atoms with E-state index in [1.165, 1.54) is 0 Å². The van der Waals surface area contributed by atoms with E-state index in [2.05, 4.69) is 20.3 Å². The van der Waals surface area contributed by atoms with Crippen LogP contribution in [0.15, 0.2) is 24.8 Å². The number of hydrogen-bond acceptors (Lipinski definition) is 6. The van der Waals surface area contributed by atoms with Gasteiger partial charge in [-0.2, -0.15) is 0 Å². The number of imidazole rings is 1. The fourth-order valence-corrected chi connectivity index (χ4v) is 2.61. The predicted octanol–water partition coefficient (Wildman–Crippen LogP) is 0.623. The first-order valence-corrected chi connectivity index (χ1v) is 7.53. The van der Waals surface area contributed by atoms with E-state index >= 15 is 0 Å². The van der Waals surface area contributed by atoms with Gasteiger partial charge in [-0.3, -0.25) is 4.79 Å². The van der Waals surface area contributed by atoms with Crippen LogP contribution in [-0.2, 0) is 16.1 Å². The largest absolute Gasteiger partial charge is 0.377 e. The molecule has 0 radical (unpaired) electrons. The van der Waals surface area contributed by atoms with Gasteiger partial charge >= 0.3 is 0 Å².